The van der Waals surface area contributed by atoms with Gasteiger partial charge < -0.3 is 14.8 Å². The number of aryl methyl sites for hydroxylation is 1. The zero-order chi connectivity index (χ0) is 28.3. The van der Waals surface area contributed by atoms with Gasteiger partial charge in [-0.25, -0.2) is 14.7 Å². The summed E-state index contributed by atoms with van der Waals surface area (Å²) in [7, 11) is 1.64. The minimum Gasteiger partial charge on any atom is -0.497 e. The monoisotopic (exact) mass is 565 g/mol. The van der Waals surface area contributed by atoms with Crippen LogP contribution in [0.1, 0.15) is 17.5 Å². The fourth-order valence-electron chi connectivity index (χ4n) is 4.95. The Morgan fingerprint density at radius 2 is 1.76 bits per heavy atom. The Bertz CT molecular complexity index is 1800. The molecule has 0 spiro atoms. The molecule has 206 valence electrons. The van der Waals surface area contributed by atoms with Crippen molar-refractivity contribution >= 4 is 39.7 Å². The lowest BCUT2D eigenvalue weighted by Gasteiger charge is -2.29. The summed E-state index contributed by atoms with van der Waals surface area (Å²) >= 11 is 6.27. The van der Waals surface area contributed by atoms with Crippen LogP contribution < -0.4 is 25.8 Å². The van der Waals surface area contributed by atoms with E-state index in [0.717, 1.165) is 17.0 Å². The van der Waals surface area contributed by atoms with Gasteiger partial charge in [0.2, 0.25) is 0 Å². The van der Waals surface area contributed by atoms with Crippen LogP contribution in [0.15, 0.2) is 107 Å². The van der Waals surface area contributed by atoms with Gasteiger partial charge in [0.25, 0.3) is 5.56 Å². The normalized spacial score (nSPS) is 16.2. The number of benzene rings is 4. The van der Waals surface area contributed by atoms with Crippen LogP contribution in [0.4, 0.5) is 11.4 Å². The van der Waals surface area contributed by atoms with Gasteiger partial charge in [0, 0.05) is 17.3 Å². The topological polar surface area (TPSA) is 89.8 Å². The predicted molar refractivity (Wildman–Crippen MR) is 163 cm³/mol. The molecule has 0 fully saturated rings. The molecule has 2 heterocycles. The van der Waals surface area contributed by atoms with Crippen molar-refractivity contribution in [2.45, 2.75) is 13.0 Å². The number of nitrogens with one attached hydrogen (secondary N) is 2. The quantitative estimate of drug-likeness (QED) is 0.244. The van der Waals surface area contributed by atoms with Crippen molar-refractivity contribution in [2.75, 3.05) is 24.4 Å². The van der Waals surface area contributed by atoms with Crippen molar-refractivity contribution in [1.82, 2.24) is 9.66 Å². The number of aliphatic imine (C=N–C) groups is 1. The maximum atomic E-state index is 13.6. The predicted octanol–water partition coefficient (Wildman–Crippen LogP) is 6.50. The molecule has 41 heavy (non-hydrogen) atoms. The fourth-order valence-corrected chi connectivity index (χ4v) is 5.14. The molecule has 2 unspecified atom stereocenters. The summed E-state index contributed by atoms with van der Waals surface area (Å²) in [6.45, 7) is 2.22. The largest absolute Gasteiger partial charge is 0.497 e. The van der Waals surface area contributed by atoms with E-state index in [1.807, 2.05) is 91.0 Å². The van der Waals surface area contributed by atoms with E-state index in [0.29, 0.717) is 45.6 Å². The molecule has 6 rings (SSSR count). The summed E-state index contributed by atoms with van der Waals surface area (Å²) in [5, 5.41) is 4.63. The number of fused-ring (bicyclic) bond motifs is 2. The lowest BCUT2D eigenvalue weighted by atomic mass is 9.94. The first-order chi connectivity index (χ1) is 20.0. The number of nitrogens with zero attached hydrogens (tertiary/aromatic N) is 3. The molecule has 1 aliphatic rings. The maximum absolute atomic E-state index is 13.6. The molecule has 0 saturated carbocycles. The van der Waals surface area contributed by atoms with Crippen LogP contribution >= 0.6 is 11.6 Å². The third-order valence-corrected chi connectivity index (χ3v) is 7.28. The van der Waals surface area contributed by atoms with Crippen LogP contribution in [-0.2, 0) is 0 Å². The standard InChI is InChI=1S/C32H28ClN5O3/c1-20-35-27-11-4-3-10-25(27)32(39)38(20)37-31-26(19-34-23-9-7-8-22(33)18-23)30(21-14-16-24(40-2)17-15-21)41-29-13-6-5-12-28(29)36-31/h3-18,26,30,34H,19H2,1-2H3,(H,36,37). The Kier molecular flexibility index (Phi) is 7.31. The first-order valence-corrected chi connectivity index (χ1v) is 13.6. The summed E-state index contributed by atoms with van der Waals surface area (Å²) in [4.78, 5) is 23.3. The molecule has 1 aromatic heterocycles. The SMILES string of the molecule is COc1ccc(C2Oc3ccccc3N=C(Nn3c(C)nc4ccccc4c3=O)C2CNc2cccc(Cl)c2)cc1. The second-order valence-corrected chi connectivity index (χ2v) is 10.1. The highest BCUT2D eigenvalue weighted by atomic mass is 35.5. The van der Waals surface area contributed by atoms with Crippen LogP contribution in [0.3, 0.4) is 0 Å². The van der Waals surface area contributed by atoms with Gasteiger partial charge in [-0.1, -0.05) is 54.1 Å². The summed E-state index contributed by atoms with van der Waals surface area (Å²) in [6.07, 6.45) is -0.466. The van der Waals surface area contributed by atoms with Gasteiger partial charge in [-0.15, -0.1) is 0 Å². The molecule has 1 aliphatic heterocycles. The Morgan fingerprint density at radius 3 is 2.56 bits per heavy atom. The average molecular weight is 566 g/mol. The molecule has 2 atom stereocenters. The third kappa shape index (κ3) is 5.47. The second-order valence-electron chi connectivity index (χ2n) is 9.70. The summed E-state index contributed by atoms with van der Waals surface area (Å²) < 4.78 is 13.5. The molecule has 0 amide bonds. The lowest BCUT2D eigenvalue weighted by molar-refractivity contribution is 0.175. The number of hydrogen-bond acceptors (Lipinski definition) is 7. The zero-order valence-corrected chi connectivity index (χ0v) is 23.3. The van der Waals surface area contributed by atoms with E-state index in [9.17, 15) is 4.79 Å². The van der Waals surface area contributed by atoms with Crippen molar-refractivity contribution < 1.29 is 9.47 Å². The van der Waals surface area contributed by atoms with Crippen LogP contribution in [0.2, 0.25) is 5.02 Å². The number of amidine groups is 1. The second kappa shape index (κ2) is 11.3. The number of anilines is 1. The molecular formula is C32H28ClN5O3. The Labute approximate surface area is 242 Å². The van der Waals surface area contributed by atoms with Crippen molar-refractivity contribution in [3.63, 3.8) is 0 Å². The number of hydrogen-bond donors (Lipinski definition) is 2. The van der Waals surface area contributed by atoms with Crippen molar-refractivity contribution in [1.29, 1.82) is 0 Å². The Hall–Kier alpha value is -4.82. The van der Waals surface area contributed by atoms with E-state index < -0.39 is 6.10 Å². The maximum Gasteiger partial charge on any atom is 0.280 e. The van der Waals surface area contributed by atoms with Gasteiger partial charge in [0.05, 0.1) is 23.9 Å². The van der Waals surface area contributed by atoms with E-state index >= 15 is 0 Å². The van der Waals surface area contributed by atoms with Crippen molar-refractivity contribution in [2.24, 2.45) is 10.9 Å². The van der Waals surface area contributed by atoms with Gasteiger partial charge in [-0.3, -0.25) is 10.2 Å². The number of halogens is 1. The van der Waals surface area contributed by atoms with Crippen LogP contribution in [-0.4, -0.2) is 29.2 Å². The molecule has 9 heteroatoms. The Balaban J connectivity index is 1.48. The van der Waals surface area contributed by atoms with Gasteiger partial charge in [-0.2, -0.15) is 0 Å². The molecule has 5 aromatic rings. The highest BCUT2D eigenvalue weighted by Gasteiger charge is 2.34. The third-order valence-electron chi connectivity index (χ3n) is 7.04. The first kappa shape index (κ1) is 26.4. The van der Waals surface area contributed by atoms with E-state index in [1.165, 1.54) is 4.68 Å². The van der Waals surface area contributed by atoms with Gasteiger partial charge in [-0.05, 0) is 67.1 Å². The highest BCUT2D eigenvalue weighted by Crippen LogP contribution is 2.39. The molecule has 2 N–H and O–H groups in total. The number of ether oxygens (including phenoxy) is 2. The van der Waals surface area contributed by atoms with E-state index in [2.05, 4.69) is 15.7 Å². The number of para-hydroxylation sites is 3. The molecule has 4 aromatic carbocycles. The molecule has 0 radical (unpaired) electrons. The van der Waals surface area contributed by atoms with Gasteiger partial charge >= 0.3 is 0 Å². The van der Waals surface area contributed by atoms with E-state index in [1.54, 1.807) is 20.1 Å². The Morgan fingerprint density at radius 1 is 0.976 bits per heavy atom. The van der Waals surface area contributed by atoms with Crippen molar-refractivity contribution in [3.05, 3.63) is 124 Å². The smallest absolute Gasteiger partial charge is 0.280 e. The fraction of sp³-hybridized carbons (Fsp3) is 0.156. The summed E-state index contributed by atoms with van der Waals surface area (Å²) in [6, 6.07) is 30.2. The number of aromatic nitrogens is 2. The van der Waals surface area contributed by atoms with Gasteiger partial charge in [0.15, 0.2) is 0 Å². The van der Waals surface area contributed by atoms with Crippen LogP contribution in [0.5, 0.6) is 11.5 Å². The molecular weight excluding hydrogens is 538 g/mol. The summed E-state index contributed by atoms with van der Waals surface area (Å²) in [5.41, 5.74) is 6.19. The van der Waals surface area contributed by atoms with Crippen LogP contribution in [0, 0.1) is 12.8 Å². The molecule has 0 saturated heterocycles. The minimum absolute atomic E-state index is 0.211. The minimum atomic E-state index is -0.466. The average Bonchev–Trinajstić information content (AvgIpc) is 3.14. The molecule has 0 aliphatic carbocycles. The van der Waals surface area contributed by atoms with Crippen LogP contribution in [0.25, 0.3) is 10.9 Å². The van der Waals surface area contributed by atoms with E-state index in [4.69, 9.17) is 26.1 Å². The van der Waals surface area contributed by atoms with E-state index in [-0.39, 0.29) is 11.5 Å². The number of rotatable bonds is 6. The molecule has 0 bridgehead atoms. The van der Waals surface area contributed by atoms with Gasteiger partial charge in [0.1, 0.15) is 35.0 Å². The zero-order valence-electron chi connectivity index (χ0n) is 22.5. The van der Waals surface area contributed by atoms with Crippen molar-refractivity contribution in [3.8, 4) is 11.5 Å². The highest BCUT2D eigenvalue weighted by molar-refractivity contribution is 6.30. The lowest BCUT2D eigenvalue weighted by Crippen LogP contribution is -2.42. The summed E-state index contributed by atoms with van der Waals surface area (Å²) in [5.74, 6) is 2.07. The molecule has 8 nitrogen and oxygen atoms in total. The number of methoxy groups -OCH3 is 1. The first-order valence-electron chi connectivity index (χ1n) is 13.2.